The maximum absolute atomic E-state index is 4.28. The molecule has 0 N–H and O–H groups in total. The van der Waals surface area contributed by atoms with E-state index >= 15 is 0 Å². The van der Waals surface area contributed by atoms with Gasteiger partial charge >= 0.3 is 0 Å². The highest BCUT2D eigenvalue weighted by atomic mass is 15.5. The molecule has 0 aliphatic heterocycles. The van der Waals surface area contributed by atoms with E-state index in [1.54, 1.807) is 11.2 Å². The molecular formula is C9H13N7. The van der Waals surface area contributed by atoms with Gasteiger partial charge in [-0.1, -0.05) is 10.3 Å². The fraction of sp³-hybridized carbons (Fsp3) is 0.444. The Morgan fingerprint density at radius 2 is 2.25 bits per heavy atom. The summed E-state index contributed by atoms with van der Waals surface area (Å²) >= 11 is 0. The van der Waals surface area contributed by atoms with Crippen molar-refractivity contribution in [1.82, 2.24) is 24.5 Å². The zero-order valence-electron chi connectivity index (χ0n) is 9.49. The highest BCUT2D eigenvalue weighted by molar-refractivity contribution is 5.72. The summed E-state index contributed by atoms with van der Waals surface area (Å²) in [6, 6.07) is 0. The van der Waals surface area contributed by atoms with Gasteiger partial charge in [-0.25, -0.2) is 9.97 Å². The third-order valence-electron chi connectivity index (χ3n) is 2.04. The first-order valence-electron chi connectivity index (χ1n) is 4.97. The predicted octanol–water partition coefficient (Wildman–Crippen LogP) is 1.41. The number of nitrogens with zero attached hydrogens (tertiary/aromatic N) is 7. The van der Waals surface area contributed by atoms with Crippen LogP contribution in [0.4, 0.5) is 5.95 Å². The van der Waals surface area contributed by atoms with Gasteiger partial charge in [0.15, 0.2) is 5.65 Å². The molecule has 7 nitrogen and oxygen atoms in total. The summed E-state index contributed by atoms with van der Waals surface area (Å²) in [6.07, 6.45) is 3.20. The van der Waals surface area contributed by atoms with Crippen LogP contribution in [0.5, 0.6) is 0 Å². The van der Waals surface area contributed by atoms with Crippen molar-refractivity contribution in [3.05, 3.63) is 12.5 Å². The fourth-order valence-corrected chi connectivity index (χ4v) is 1.37. The van der Waals surface area contributed by atoms with Crippen LogP contribution in [0.15, 0.2) is 22.9 Å². The first-order chi connectivity index (χ1) is 7.72. The van der Waals surface area contributed by atoms with Crippen LogP contribution in [-0.2, 0) is 6.54 Å². The highest BCUT2D eigenvalue weighted by Crippen LogP contribution is 2.19. The van der Waals surface area contributed by atoms with Gasteiger partial charge in [-0.05, 0) is 6.92 Å². The summed E-state index contributed by atoms with van der Waals surface area (Å²) < 4.78 is 1.92. The van der Waals surface area contributed by atoms with Crippen molar-refractivity contribution in [3.8, 4) is 0 Å². The van der Waals surface area contributed by atoms with Gasteiger partial charge in [-0.15, -0.1) is 0 Å². The molecule has 0 aliphatic rings. The molecule has 2 aromatic rings. The van der Waals surface area contributed by atoms with Crippen LogP contribution in [0.1, 0.15) is 6.92 Å². The van der Waals surface area contributed by atoms with E-state index in [2.05, 4.69) is 25.3 Å². The highest BCUT2D eigenvalue weighted by Gasteiger charge is 2.09. The lowest BCUT2D eigenvalue weighted by Gasteiger charge is -2.02. The Bertz CT molecular complexity index is 514. The smallest absolute Gasteiger partial charge is 0.253 e. The molecule has 0 unspecified atom stereocenters. The molecule has 0 atom stereocenters. The predicted molar refractivity (Wildman–Crippen MR) is 59.2 cm³/mol. The van der Waals surface area contributed by atoms with Crippen LogP contribution in [0.2, 0.25) is 0 Å². The second-order valence-electron chi connectivity index (χ2n) is 3.42. The molecular weight excluding hydrogens is 206 g/mol. The third-order valence-corrected chi connectivity index (χ3v) is 2.04. The summed E-state index contributed by atoms with van der Waals surface area (Å²) in [5, 5.41) is 9.59. The Hall–Kier alpha value is -2.05. The maximum Gasteiger partial charge on any atom is 0.253 e. The van der Waals surface area contributed by atoms with Gasteiger partial charge < -0.3 is 4.57 Å². The molecule has 0 amide bonds. The van der Waals surface area contributed by atoms with E-state index < -0.39 is 0 Å². The Morgan fingerprint density at radius 3 is 2.94 bits per heavy atom. The van der Waals surface area contributed by atoms with E-state index in [0.29, 0.717) is 11.6 Å². The molecule has 0 fully saturated rings. The van der Waals surface area contributed by atoms with Crippen molar-refractivity contribution in [1.29, 1.82) is 0 Å². The topological polar surface area (TPSA) is 71.6 Å². The van der Waals surface area contributed by atoms with E-state index in [9.17, 15) is 0 Å². The van der Waals surface area contributed by atoms with E-state index in [4.69, 9.17) is 0 Å². The van der Waals surface area contributed by atoms with Crippen LogP contribution in [0, 0.1) is 0 Å². The first kappa shape index (κ1) is 10.5. The molecule has 0 aliphatic carbocycles. The van der Waals surface area contributed by atoms with Crippen molar-refractivity contribution < 1.29 is 0 Å². The molecule has 2 heterocycles. The lowest BCUT2D eigenvalue weighted by atomic mass is 10.5. The SMILES string of the molecule is CCn1c(/N=N/N(C)C)nc2ncncc21. The van der Waals surface area contributed by atoms with Crippen LogP contribution < -0.4 is 0 Å². The Kier molecular flexibility index (Phi) is 2.76. The van der Waals surface area contributed by atoms with E-state index in [-0.39, 0.29) is 0 Å². The molecule has 0 aromatic carbocycles. The fourth-order valence-electron chi connectivity index (χ4n) is 1.37. The van der Waals surface area contributed by atoms with Crippen LogP contribution >= 0.6 is 0 Å². The molecule has 2 rings (SSSR count). The van der Waals surface area contributed by atoms with E-state index in [0.717, 1.165) is 12.1 Å². The first-order valence-corrected chi connectivity index (χ1v) is 4.97. The van der Waals surface area contributed by atoms with E-state index in [1.807, 2.05) is 25.6 Å². The van der Waals surface area contributed by atoms with Gasteiger partial charge in [0, 0.05) is 20.6 Å². The zero-order valence-corrected chi connectivity index (χ0v) is 9.49. The second-order valence-corrected chi connectivity index (χ2v) is 3.42. The molecule has 0 saturated carbocycles. The summed E-state index contributed by atoms with van der Waals surface area (Å²) in [4.78, 5) is 12.3. The average molecular weight is 219 g/mol. The minimum absolute atomic E-state index is 0.548. The molecule has 0 bridgehead atoms. The summed E-state index contributed by atoms with van der Waals surface area (Å²) in [5.74, 6) is 0.548. The zero-order chi connectivity index (χ0) is 11.5. The molecule has 84 valence electrons. The van der Waals surface area contributed by atoms with Gasteiger partial charge in [0.05, 0.1) is 6.20 Å². The number of rotatable bonds is 3. The van der Waals surface area contributed by atoms with Crippen LogP contribution in [0.25, 0.3) is 11.2 Å². The Morgan fingerprint density at radius 1 is 1.44 bits per heavy atom. The number of hydrogen-bond donors (Lipinski definition) is 0. The monoisotopic (exact) mass is 219 g/mol. The molecule has 7 heteroatoms. The number of imidazole rings is 1. The van der Waals surface area contributed by atoms with Crippen molar-refractivity contribution in [3.63, 3.8) is 0 Å². The molecule has 0 radical (unpaired) electrons. The summed E-state index contributed by atoms with van der Waals surface area (Å²) in [5.41, 5.74) is 1.52. The second kappa shape index (κ2) is 4.21. The molecule has 2 aromatic heterocycles. The van der Waals surface area contributed by atoms with Crippen LogP contribution in [0.3, 0.4) is 0 Å². The van der Waals surface area contributed by atoms with Gasteiger partial charge in [-0.3, -0.25) is 5.01 Å². The largest absolute Gasteiger partial charge is 0.305 e. The van der Waals surface area contributed by atoms with Gasteiger partial charge in [0.1, 0.15) is 11.8 Å². The lowest BCUT2D eigenvalue weighted by molar-refractivity contribution is 0.406. The lowest BCUT2D eigenvalue weighted by Crippen LogP contribution is -2.00. The number of hydrogen-bond acceptors (Lipinski definition) is 5. The normalized spacial score (nSPS) is 11.4. The quantitative estimate of drug-likeness (QED) is 0.578. The van der Waals surface area contributed by atoms with Crippen molar-refractivity contribution in [2.75, 3.05) is 14.1 Å². The number of aryl methyl sites for hydroxylation is 1. The standard InChI is InChI=1S/C9H13N7/c1-4-16-7-5-10-6-11-8(7)12-9(16)13-14-15(2)3/h5-6H,4H2,1-3H3/b14-13+. The minimum Gasteiger partial charge on any atom is -0.305 e. The van der Waals surface area contributed by atoms with Crippen molar-refractivity contribution in [2.45, 2.75) is 13.5 Å². The number of fused-ring (bicyclic) bond motifs is 1. The van der Waals surface area contributed by atoms with Crippen molar-refractivity contribution in [2.24, 2.45) is 10.3 Å². The molecule has 16 heavy (non-hydrogen) atoms. The maximum atomic E-state index is 4.28. The summed E-state index contributed by atoms with van der Waals surface area (Å²) in [7, 11) is 3.62. The number of aromatic nitrogens is 4. The third kappa shape index (κ3) is 1.83. The van der Waals surface area contributed by atoms with Crippen molar-refractivity contribution >= 4 is 17.1 Å². The van der Waals surface area contributed by atoms with Gasteiger partial charge in [0.2, 0.25) is 0 Å². The summed E-state index contributed by atoms with van der Waals surface area (Å²) in [6.45, 7) is 2.77. The van der Waals surface area contributed by atoms with E-state index in [1.165, 1.54) is 6.33 Å². The molecule has 0 saturated heterocycles. The van der Waals surface area contributed by atoms with Gasteiger partial charge in [0.25, 0.3) is 5.95 Å². The molecule has 0 spiro atoms. The minimum atomic E-state index is 0.548. The average Bonchev–Trinajstić information content (AvgIpc) is 2.63. The Balaban J connectivity index is 2.52. The Labute approximate surface area is 92.8 Å². The van der Waals surface area contributed by atoms with Crippen LogP contribution in [-0.4, -0.2) is 38.6 Å². The van der Waals surface area contributed by atoms with Gasteiger partial charge in [-0.2, -0.15) is 4.98 Å².